The fourth-order valence-corrected chi connectivity index (χ4v) is 4.36. The minimum atomic E-state index is -0.426. The molecule has 28 heavy (non-hydrogen) atoms. The van der Waals surface area contributed by atoms with Gasteiger partial charge in [-0.25, -0.2) is 9.40 Å². The summed E-state index contributed by atoms with van der Waals surface area (Å²) in [6, 6.07) is 20.1. The van der Waals surface area contributed by atoms with Crippen molar-refractivity contribution >= 4 is 33.2 Å². The van der Waals surface area contributed by atoms with Crippen molar-refractivity contribution < 1.29 is 9.13 Å². The average Bonchev–Trinajstić information content (AvgIpc) is 3.14. The van der Waals surface area contributed by atoms with Gasteiger partial charge in [0.1, 0.15) is 11.6 Å². The second-order valence-corrected chi connectivity index (χ2v) is 8.15. The van der Waals surface area contributed by atoms with Gasteiger partial charge in [-0.05, 0) is 42.0 Å². The maximum Gasteiger partial charge on any atom is 0.215 e. The summed E-state index contributed by atoms with van der Waals surface area (Å²) < 4.78 is 20.7. The van der Waals surface area contributed by atoms with Crippen LogP contribution in [0.5, 0.6) is 5.75 Å². The molecule has 2 aliphatic rings. The molecule has 5 rings (SSSR count). The molecule has 3 aromatic rings. The van der Waals surface area contributed by atoms with Crippen LogP contribution in [0.1, 0.15) is 35.4 Å². The first-order valence-electron chi connectivity index (χ1n) is 8.92. The fourth-order valence-electron chi connectivity index (χ4n) is 3.76. The predicted octanol–water partition coefficient (Wildman–Crippen LogP) is 6.48. The van der Waals surface area contributed by atoms with Crippen molar-refractivity contribution in [2.24, 2.45) is 5.10 Å². The smallest absolute Gasteiger partial charge is 0.215 e. The molecule has 2 aliphatic heterocycles. The Morgan fingerprint density at radius 1 is 1.04 bits per heavy atom. The summed E-state index contributed by atoms with van der Waals surface area (Å²) in [6.07, 6.45) is 0.282. The Morgan fingerprint density at radius 3 is 2.61 bits per heavy atom. The van der Waals surface area contributed by atoms with Crippen LogP contribution in [0, 0.1) is 5.82 Å². The Balaban J connectivity index is 1.62. The number of benzene rings is 3. The van der Waals surface area contributed by atoms with Gasteiger partial charge in [-0.1, -0.05) is 57.9 Å². The van der Waals surface area contributed by atoms with Crippen LogP contribution >= 0.6 is 27.5 Å². The normalized spacial score (nSPS) is 20.2. The third-order valence-corrected chi connectivity index (χ3v) is 5.94. The molecule has 140 valence electrons. The van der Waals surface area contributed by atoms with E-state index in [0.717, 1.165) is 32.6 Å². The van der Waals surface area contributed by atoms with Gasteiger partial charge in [0.15, 0.2) is 0 Å². The summed E-state index contributed by atoms with van der Waals surface area (Å²) in [5.41, 5.74) is 3.74. The number of nitrogens with zero attached hydrogens (tertiary/aromatic N) is 2. The SMILES string of the molecule is Fc1ccc(C2=NN3C(C2)c2cc(Br)ccc2OC3c2ccccc2Cl)cc1. The summed E-state index contributed by atoms with van der Waals surface area (Å²) in [4.78, 5) is 0. The number of halogens is 3. The maximum atomic E-state index is 13.3. The third kappa shape index (κ3) is 2.99. The Labute approximate surface area is 175 Å². The van der Waals surface area contributed by atoms with Crippen LogP contribution in [0.3, 0.4) is 0 Å². The first-order valence-corrected chi connectivity index (χ1v) is 10.1. The quantitative estimate of drug-likeness (QED) is 0.440. The first kappa shape index (κ1) is 17.7. The highest BCUT2D eigenvalue weighted by Crippen LogP contribution is 2.49. The number of hydrazone groups is 1. The van der Waals surface area contributed by atoms with Gasteiger partial charge < -0.3 is 4.74 Å². The molecule has 0 aliphatic carbocycles. The van der Waals surface area contributed by atoms with Crippen molar-refractivity contribution in [3.8, 4) is 5.75 Å². The zero-order valence-corrected chi connectivity index (χ0v) is 17.0. The molecule has 0 radical (unpaired) electrons. The van der Waals surface area contributed by atoms with E-state index in [2.05, 4.69) is 22.0 Å². The van der Waals surface area contributed by atoms with Crippen LogP contribution in [0.2, 0.25) is 5.02 Å². The van der Waals surface area contributed by atoms with Crippen molar-refractivity contribution in [3.05, 3.63) is 98.7 Å². The molecule has 3 nitrogen and oxygen atoms in total. The number of ether oxygens (including phenoxy) is 1. The van der Waals surface area contributed by atoms with Gasteiger partial charge in [0, 0.05) is 27.0 Å². The molecule has 0 amide bonds. The van der Waals surface area contributed by atoms with Crippen LogP contribution < -0.4 is 4.74 Å². The summed E-state index contributed by atoms with van der Waals surface area (Å²) in [5.74, 6) is 0.566. The molecule has 2 heterocycles. The lowest BCUT2D eigenvalue weighted by Crippen LogP contribution is -2.33. The second-order valence-electron chi connectivity index (χ2n) is 6.83. The molecule has 2 atom stereocenters. The lowest BCUT2D eigenvalue weighted by Gasteiger charge is -2.38. The minimum Gasteiger partial charge on any atom is -0.464 e. The largest absolute Gasteiger partial charge is 0.464 e. The molecular weight excluding hydrogens is 443 g/mol. The average molecular weight is 458 g/mol. The van der Waals surface area contributed by atoms with Gasteiger partial charge in [0.25, 0.3) is 0 Å². The maximum absolute atomic E-state index is 13.3. The highest BCUT2D eigenvalue weighted by Gasteiger charge is 2.41. The van der Waals surface area contributed by atoms with E-state index in [0.29, 0.717) is 11.4 Å². The standard InChI is InChI=1S/C22H15BrClFN2O/c23-14-7-10-21-17(11-14)20-12-19(13-5-8-15(25)9-6-13)26-27(20)22(28-21)16-3-1-2-4-18(16)24/h1-11,20,22H,12H2. The van der Waals surface area contributed by atoms with Crippen LogP contribution in [0.15, 0.2) is 76.3 Å². The Kier molecular flexibility index (Phi) is 4.37. The van der Waals surface area contributed by atoms with E-state index >= 15 is 0 Å². The summed E-state index contributed by atoms with van der Waals surface area (Å²) in [5, 5.41) is 7.47. The molecule has 0 spiro atoms. The van der Waals surface area contributed by atoms with Gasteiger partial charge in [-0.15, -0.1) is 0 Å². The third-order valence-electron chi connectivity index (χ3n) is 5.10. The zero-order chi connectivity index (χ0) is 19.3. The van der Waals surface area contributed by atoms with E-state index < -0.39 is 6.23 Å². The first-order chi connectivity index (χ1) is 13.6. The highest BCUT2D eigenvalue weighted by molar-refractivity contribution is 9.10. The second kappa shape index (κ2) is 6.90. The van der Waals surface area contributed by atoms with Crippen LogP contribution in [0.25, 0.3) is 0 Å². The molecule has 0 saturated heterocycles. The number of hydrogen-bond acceptors (Lipinski definition) is 3. The highest BCUT2D eigenvalue weighted by atomic mass is 79.9. The topological polar surface area (TPSA) is 24.8 Å². The Hall–Kier alpha value is -2.37. The van der Waals surface area contributed by atoms with Gasteiger partial charge in [0.2, 0.25) is 6.23 Å². The molecule has 0 fully saturated rings. The Morgan fingerprint density at radius 2 is 1.82 bits per heavy atom. The molecule has 0 bridgehead atoms. The number of hydrogen-bond donors (Lipinski definition) is 0. The molecule has 2 unspecified atom stereocenters. The summed E-state index contributed by atoms with van der Waals surface area (Å²) in [7, 11) is 0. The molecule has 0 aromatic heterocycles. The number of fused-ring (bicyclic) bond motifs is 3. The fraction of sp³-hybridized carbons (Fsp3) is 0.136. The van der Waals surface area contributed by atoms with Crippen molar-refractivity contribution in [3.63, 3.8) is 0 Å². The van der Waals surface area contributed by atoms with E-state index in [4.69, 9.17) is 21.4 Å². The van der Waals surface area contributed by atoms with Gasteiger partial charge in [-0.2, -0.15) is 5.10 Å². The van der Waals surface area contributed by atoms with E-state index in [1.807, 2.05) is 41.4 Å². The number of rotatable bonds is 2. The molecule has 0 N–H and O–H groups in total. The summed E-state index contributed by atoms with van der Waals surface area (Å²) in [6.45, 7) is 0. The van der Waals surface area contributed by atoms with Gasteiger partial charge in [0.05, 0.1) is 11.8 Å². The van der Waals surface area contributed by atoms with Crippen molar-refractivity contribution in [2.75, 3.05) is 0 Å². The zero-order valence-electron chi connectivity index (χ0n) is 14.6. The minimum absolute atomic E-state index is 0.0163. The van der Waals surface area contributed by atoms with Gasteiger partial charge >= 0.3 is 0 Å². The molecule has 0 saturated carbocycles. The van der Waals surface area contributed by atoms with Crippen molar-refractivity contribution in [1.29, 1.82) is 0 Å². The molecule has 6 heteroatoms. The van der Waals surface area contributed by atoms with Crippen LogP contribution in [0.4, 0.5) is 4.39 Å². The van der Waals surface area contributed by atoms with E-state index in [1.54, 1.807) is 12.1 Å². The van der Waals surface area contributed by atoms with Crippen LogP contribution in [-0.2, 0) is 0 Å². The predicted molar refractivity (Wildman–Crippen MR) is 111 cm³/mol. The summed E-state index contributed by atoms with van der Waals surface area (Å²) >= 11 is 10.0. The molecule has 3 aromatic carbocycles. The van der Waals surface area contributed by atoms with E-state index in [9.17, 15) is 4.39 Å². The van der Waals surface area contributed by atoms with E-state index in [1.165, 1.54) is 12.1 Å². The van der Waals surface area contributed by atoms with Crippen molar-refractivity contribution in [1.82, 2.24) is 5.01 Å². The molecular formula is C22H15BrClFN2O. The van der Waals surface area contributed by atoms with E-state index in [-0.39, 0.29) is 11.9 Å². The van der Waals surface area contributed by atoms with Crippen molar-refractivity contribution in [2.45, 2.75) is 18.7 Å². The van der Waals surface area contributed by atoms with Gasteiger partial charge in [-0.3, -0.25) is 0 Å². The monoisotopic (exact) mass is 456 g/mol. The Bertz CT molecular complexity index is 1090. The lowest BCUT2D eigenvalue weighted by molar-refractivity contribution is -0.0190. The van der Waals surface area contributed by atoms with Crippen LogP contribution in [-0.4, -0.2) is 10.7 Å². The lowest BCUT2D eigenvalue weighted by atomic mass is 9.96.